The number of fused-ring (bicyclic) bond motifs is 1. The average Bonchev–Trinajstić information content (AvgIpc) is 1.64. The van der Waals surface area contributed by atoms with Crippen LogP contribution in [0.3, 0.4) is 0 Å². The lowest BCUT2D eigenvalue weighted by atomic mass is 9.97. The van der Waals surface area contributed by atoms with E-state index in [2.05, 4.69) is 83.4 Å². The minimum absolute atomic E-state index is 0.0217. The van der Waals surface area contributed by atoms with E-state index in [0.717, 1.165) is 16.5 Å². The molecule has 0 saturated carbocycles. The second-order valence-corrected chi connectivity index (χ2v) is 26.8. The fraction of sp³-hybridized carbons (Fsp3) is 0.582. The van der Waals surface area contributed by atoms with Gasteiger partial charge in [0.05, 0.1) is 0 Å². The van der Waals surface area contributed by atoms with Gasteiger partial charge in [0, 0.05) is 67.9 Å². The third-order valence-corrected chi connectivity index (χ3v) is 18.0. The number of carbonyl (C=O) groups is 14. The number of nitrogens with two attached hydrogens (primary N) is 2. The third-order valence-electron chi connectivity index (χ3n) is 17.3. The lowest BCUT2D eigenvalue weighted by molar-refractivity contribution is -0.148. The number of amides is 14. The molecule has 29 nitrogen and oxygen atoms in total. The Morgan fingerprint density at radius 1 is 0.531 bits per heavy atom. The van der Waals surface area contributed by atoms with E-state index < -0.39 is 162 Å². The lowest BCUT2D eigenvalue weighted by Gasteiger charge is -2.33. The molecular weight excluding hydrogens is 1300 g/mol. The number of para-hydroxylation sites is 1. The zero-order chi connectivity index (χ0) is 72.7. The molecule has 2 saturated heterocycles. The molecule has 0 unspecified atom stereocenters. The van der Waals surface area contributed by atoms with Gasteiger partial charge in [0.25, 0.3) is 0 Å². The molecule has 0 aliphatic carbocycles. The van der Waals surface area contributed by atoms with Crippen LogP contribution in [-0.2, 0) is 80.0 Å². The summed E-state index contributed by atoms with van der Waals surface area (Å²) in [6.07, 6.45) is 2.84. The van der Waals surface area contributed by atoms with Gasteiger partial charge in [-0.05, 0) is 93.7 Å². The molecule has 1 aromatic heterocycles. The van der Waals surface area contributed by atoms with Crippen LogP contribution in [-0.4, -0.2) is 195 Å². The maximum Gasteiger partial charge on any atom is 0.246 e. The molecule has 2 aliphatic rings. The molecule has 0 bridgehead atoms. The van der Waals surface area contributed by atoms with E-state index in [0.29, 0.717) is 24.8 Å². The highest BCUT2D eigenvalue weighted by Crippen LogP contribution is 2.27. The van der Waals surface area contributed by atoms with Crippen molar-refractivity contribution in [2.24, 2.45) is 29.2 Å². The van der Waals surface area contributed by atoms with Crippen molar-refractivity contribution in [3.8, 4) is 0 Å². The zero-order valence-corrected chi connectivity index (χ0v) is 59.0. The molecule has 0 radical (unpaired) electrons. The van der Waals surface area contributed by atoms with E-state index in [-0.39, 0.29) is 87.3 Å². The van der Waals surface area contributed by atoms with Crippen LogP contribution >= 0.6 is 25.3 Å². The summed E-state index contributed by atoms with van der Waals surface area (Å²) in [6, 6.07) is 1.25. The van der Waals surface area contributed by atoms with Crippen LogP contribution in [0.15, 0.2) is 60.8 Å². The first-order valence-corrected chi connectivity index (χ1v) is 34.6. The molecule has 0 spiro atoms. The Bertz CT molecular complexity index is 3340. The van der Waals surface area contributed by atoms with Crippen LogP contribution < -0.4 is 64.6 Å². The summed E-state index contributed by atoms with van der Waals surface area (Å²) in [7, 11) is 0. The number of aromatic amines is 1. The highest BCUT2D eigenvalue weighted by atomic mass is 32.1. The number of likely N-dealkylation sites (tertiary alicyclic amines) is 2. The maximum atomic E-state index is 14.7. The van der Waals surface area contributed by atoms with E-state index in [4.69, 9.17) is 11.5 Å². The summed E-state index contributed by atoms with van der Waals surface area (Å²) in [4.78, 5) is 198. The number of thiol groups is 2. The first kappa shape index (κ1) is 79.9. The zero-order valence-electron chi connectivity index (χ0n) is 57.2. The summed E-state index contributed by atoms with van der Waals surface area (Å²) >= 11 is 8.56. The predicted molar refractivity (Wildman–Crippen MR) is 372 cm³/mol. The maximum absolute atomic E-state index is 14.7. The second kappa shape index (κ2) is 38.4. The Hall–Kier alpha value is -8.74. The number of rotatable bonds is 37. The Kier molecular flexibility index (Phi) is 31.3. The number of H-pyrrole nitrogens is 1. The molecule has 98 heavy (non-hydrogen) atoms. The molecule has 13 atom stereocenters. The van der Waals surface area contributed by atoms with Gasteiger partial charge in [-0.15, -0.1) is 0 Å². The van der Waals surface area contributed by atoms with Crippen molar-refractivity contribution < 1.29 is 67.1 Å². The Labute approximate surface area is 582 Å². The molecule has 2 aliphatic heterocycles. The van der Waals surface area contributed by atoms with Gasteiger partial charge < -0.3 is 79.4 Å². The largest absolute Gasteiger partial charge is 0.370 e. The standard InChI is InChI=1S/C67H99N15O14S2/c1-10-37(6)55(56(69)85)80-62(91)49(31-42-32-70-44-21-15-14-20-43(42)44)77-65(94)52-22-16-26-81(52)67(96)53-23-17-27-82(53)66(95)39(8)72-59(88)48(30-41-18-12-11-13-19-41)76-64(93)51(34-98)79-58(87)45(24-25-54(68)84)73-60(89)46(28-35(2)3)74-61(90)47(29-36(4)5)75-63(92)50(33-97)78-57(86)38(7)71-40(9)83/h11-15,18-21,32,35-39,45-53,55,70,97-98H,10,16-17,22-31,33-34H2,1-9H3,(H2,68,84)(H2,69,85)(H,71,83)(H,72,88)(H,73,89)(H,74,90)(H,75,92)(H,76,93)(H,77,94)(H,78,86)(H,79,87)(H,80,91)/t37-,38-,39-,45-,46-,47-,48-,49-,50-,51-,52-,53-,55-/m0/s1. The summed E-state index contributed by atoms with van der Waals surface area (Å²) < 4.78 is 0. The van der Waals surface area contributed by atoms with Crippen LogP contribution in [0, 0.1) is 17.8 Å². The van der Waals surface area contributed by atoms with Crippen LogP contribution in [0.2, 0.25) is 0 Å². The highest BCUT2D eigenvalue weighted by Gasteiger charge is 2.45. The predicted octanol–water partition coefficient (Wildman–Crippen LogP) is -0.409. The van der Waals surface area contributed by atoms with Crippen molar-refractivity contribution in [3.63, 3.8) is 0 Å². The van der Waals surface area contributed by atoms with Gasteiger partial charge in [-0.2, -0.15) is 25.3 Å². The SMILES string of the molecule is CC[C@H](C)[C@H](NC(=O)[C@H](Cc1c[nH]c2ccccc12)NC(=O)[C@@H]1CCCN1C(=O)[C@@H]1CCCN1C(=O)[C@H](C)NC(=O)[C@H](Cc1ccccc1)NC(=O)[C@H](CS)NC(=O)[C@H](CCC(N)=O)NC(=O)[C@H](CC(C)C)NC(=O)[C@H](CC(C)C)NC(=O)[C@H](CS)NC(=O)[C@H](C)NC(C)=O)C(N)=O. The lowest BCUT2D eigenvalue weighted by Crippen LogP contribution is -2.61. The molecule has 3 heterocycles. The van der Waals surface area contributed by atoms with Crippen molar-refractivity contribution in [1.29, 1.82) is 0 Å². The first-order valence-electron chi connectivity index (χ1n) is 33.4. The first-order chi connectivity index (χ1) is 46.4. The van der Waals surface area contributed by atoms with Crippen molar-refractivity contribution in [2.45, 2.75) is 205 Å². The Balaban J connectivity index is 1.29. The topological polar surface area (TPSA) is 434 Å². The number of nitrogens with zero attached hydrogens (tertiary/aromatic N) is 2. The normalized spacial score (nSPS) is 17.8. The van der Waals surface area contributed by atoms with Crippen molar-refractivity contribution in [3.05, 3.63) is 71.9 Å². The van der Waals surface area contributed by atoms with Crippen LogP contribution in [0.25, 0.3) is 10.9 Å². The Morgan fingerprint density at radius 2 is 1.01 bits per heavy atom. The van der Waals surface area contributed by atoms with Gasteiger partial charge in [0.2, 0.25) is 82.7 Å². The van der Waals surface area contributed by atoms with Gasteiger partial charge in [-0.25, -0.2) is 0 Å². The molecule has 538 valence electrons. The third kappa shape index (κ3) is 23.5. The number of primary amides is 2. The molecule has 31 heteroatoms. The smallest absolute Gasteiger partial charge is 0.246 e. The number of hydrogen-bond acceptors (Lipinski definition) is 16. The quantitative estimate of drug-likeness (QED) is 0.0327. The minimum atomic E-state index is -1.54. The van der Waals surface area contributed by atoms with Crippen molar-refractivity contribution in [2.75, 3.05) is 24.6 Å². The minimum Gasteiger partial charge on any atom is -0.370 e. The van der Waals surface area contributed by atoms with Gasteiger partial charge in [-0.3, -0.25) is 67.1 Å². The van der Waals surface area contributed by atoms with Crippen LogP contribution in [0.4, 0.5) is 0 Å². The molecule has 2 fully saturated rings. The van der Waals surface area contributed by atoms with E-state index in [9.17, 15) is 67.1 Å². The summed E-state index contributed by atoms with van der Waals surface area (Å²) in [5.74, 6) is -11.5. The molecule has 5 rings (SSSR count). The van der Waals surface area contributed by atoms with E-state index in [1.54, 1.807) is 71.1 Å². The monoisotopic (exact) mass is 1400 g/mol. The molecular formula is C67H99N15O14S2. The van der Waals surface area contributed by atoms with Gasteiger partial charge in [0.15, 0.2) is 0 Å². The number of nitrogens with one attached hydrogen (secondary N) is 11. The number of aromatic nitrogens is 1. The number of carbonyl (C=O) groups excluding carboxylic acids is 14. The highest BCUT2D eigenvalue weighted by molar-refractivity contribution is 7.80. The van der Waals surface area contributed by atoms with Gasteiger partial charge >= 0.3 is 0 Å². The molecule has 14 amide bonds. The van der Waals surface area contributed by atoms with Crippen molar-refractivity contribution >= 4 is 119 Å². The van der Waals surface area contributed by atoms with Gasteiger partial charge in [0.1, 0.15) is 72.5 Å². The van der Waals surface area contributed by atoms with Gasteiger partial charge in [-0.1, -0.05) is 96.5 Å². The van der Waals surface area contributed by atoms with Crippen molar-refractivity contribution in [1.82, 2.24) is 68.0 Å². The second-order valence-electron chi connectivity index (χ2n) is 26.1. The summed E-state index contributed by atoms with van der Waals surface area (Å²) in [5, 5.41) is 27.2. The average molecular weight is 1400 g/mol. The number of benzene rings is 2. The Morgan fingerprint density at radius 3 is 1.56 bits per heavy atom. The van der Waals surface area contributed by atoms with Crippen LogP contribution in [0.1, 0.15) is 131 Å². The number of hydrogen-bond donors (Lipinski definition) is 15. The molecule has 15 N–H and O–H groups in total. The van der Waals surface area contributed by atoms with E-state index in [1.165, 1.54) is 30.6 Å². The fourth-order valence-electron chi connectivity index (χ4n) is 11.8. The van der Waals surface area contributed by atoms with Crippen LogP contribution in [0.5, 0.6) is 0 Å². The van der Waals surface area contributed by atoms with E-state index >= 15 is 0 Å². The summed E-state index contributed by atoms with van der Waals surface area (Å²) in [5.41, 5.74) is 13.3. The molecule has 3 aromatic rings. The fourth-order valence-corrected chi connectivity index (χ4v) is 12.3. The molecule has 2 aromatic carbocycles. The van der Waals surface area contributed by atoms with E-state index in [1.807, 2.05) is 31.2 Å². The summed E-state index contributed by atoms with van der Waals surface area (Å²) in [6.45, 7) is 15.1.